The standard InChI is InChI=1S/C12H25N/c1-9(2)8-13-11-7-12(4,5)6-10(11)3/h9-11,13H,6-8H2,1-5H3. The fourth-order valence-corrected chi connectivity index (χ4v) is 2.55. The van der Waals surface area contributed by atoms with Crippen molar-refractivity contribution in [2.75, 3.05) is 6.54 Å². The Morgan fingerprint density at radius 1 is 1.31 bits per heavy atom. The van der Waals surface area contributed by atoms with Crippen molar-refractivity contribution in [3.05, 3.63) is 0 Å². The van der Waals surface area contributed by atoms with Crippen LogP contribution in [0, 0.1) is 17.3 Å². The maximum atomic E-state index is 3.69. The molecule has 1 N–H and O–H groups in total. The predicted molar refractivity (Wildman–Crippen MR) is 58.8 cm³/mol. The van der Waals surface area contributed by atoms with Crippen LogP contribution in [0.5, 0.6) is 0 Å². The Bertz CT molecular complexity index is 161. The van der Waals surface area contributed by atoms with Crippen molar-refractivity contribution < 1.29 is 0 Å². The molecular weight excluding hydrogens is 158 g/mol. The number of rotatable bonds is 3. The van der Waals surface area contributed by atoms with Crippen LogP contribution in [0.15, 0.2) is 0 Å². The van der Waals surface area contributed by atoms with Crippen molar-refractivity contribution in [1.82, 2.24) is 5.32 Å². The second-order valence-electron chi connectivity index (χ2n) is 5.96. The lowest BCUT2D eigenvalue weighted by Gasteiger charge is -2.19. The Hall–Kier alpha value is -0.0400. The first kappa shape index (κ1) is 11.0. The second kappa shape index (κ2) is 4.00. The molecule has 1 aliphatic carbocycles. The van der Waals surface area contributed by atoms with Crippen LogP contribution in [0.25, 0.3) is 0 Å². The van der Waals surface area contributed by atoms with E-state index in [0.717, 1.165) is 17.9 Å². The van der Waals surface area contributed by atoms with Gasteiger partial charge in [-0.15, -0.1) is 0 Å². The summed E-state index contributed by atoms with van der Waals surface area (Å²) in [5, 5.41) is 3.69. The number of nitrogens with one attached hydrogen (secondary N) is 1. The summed E-state index contributed by atoms with van der Waals surface area (Å²) >= 11 is 0. The lowest BCUT2D eigenvalue weighted by molar-refractivity contribution is 0.359. The molecule has 1 rings (SSSR count). The Balaban J connectivity index is 2.35. The molecule has 0 saturated heterocycles. The molecule has 0 aromatic carbocycles. The van der Waals surface area contributed by atoms with E-state index in [2.05, 4.69) is 39.9 Å². The lowest BCUT2D eigenvalue weighted by Crippen LogP contribution is -2.34. The average molecular weight is 183 g/mol. The van der Waals surface area contributed by atoms with Crippen LogP contribution < -0.4 is 5.32 Å². The molecule has 0 spiro atoms. The van der Waals surface area contributed by atoms with Gasteiger partial charge in [-0.2, -0.15) is 0 Å². The van der Waals surface area contributed by atoms with Gasteiger partial charge < -0.3 is 5.32 Å². The highest BCUT2D eigenvalue weighted by Gasteiger charge is 2.36. The van der Waals surface area contributed by atoms with E-state index in [1.54, 1.807) is 0 Å². The molecular formula is C12H25N. The second-order valence-corrected chi connectivity index (χ2v) is 5.96. The van der Waals surface area contributed by atoms with E-state index >= 15 is 0 Å². The number of hydrogen-bond donors (Lipinski definition) is 1. The highest BCUT2D eigenvalue weighted by atomic mass is 14.9. The molecule has 1 fully saturated rings. The van der Waals surface area contributed by atoms with Crippen molar-refractivity contribution in [2.24, 2.45) is 17.3 Å². The van der Waals surface area contributed by atoms with Crippen molar-refractivity contribution in [1.29, 1.82) is 0 Å². The van der Waals surface area contributed by atoms with Gasteiger partial charge in [0.15, 0.2) is 0 Å². The molecule has 1 aliphatic rings. The van der Waals surface area contributed by atoms with E-state index < -0.39 is 0 Å². The van der Waals surface area contributed by atoms with Crippen molar-refractivity contribution in [3.63, 3.8) is 0 Å². The maximum Gasteiger partial charge on any atom is 0.00980 e. The molecule has 1 heteroatoms. The van der Waals surface area contributed by atoms with Gasteiger partial charge >= 0.3 is 0 Å². The molecule has 0 radical (unpaired) electrons. The van der Waals surface area contributed by atoms with E-state index in [-0.39, 0.29) is 0 Å². The first-order chi connectivity index (χ1) is 5.91. The Morgan fingerprint density at radius 2 is 1.92 bits per heavy atom. The van der Waals surface area contributed by atoms with Gasteiger partial charge in [0.25, 0.3) is 0 Å². The molecule has 2 atom stereocenters. The van der Waals surface area contributed by atoms with Gasteiger partial charge in [-0.25, -0.2) is 0 Å². The van der Waals surface area contributed by atoms with Gasteiger partial charge in [0.05, 0.1) is 0 Å². The fourth-order valence-electron chi connectivity index (χ4n) is 2.55. The van der Waals surface area contributed by atoms with Crippen LogP contribution >= 0.6 is 0 Å². The van der Waals surface area contributed by atoms with Crippen molar-refractivity contribution >= 4 is 0 Å². The van der Waals surface area contributed by atoms with Gasteiger partial charge in [0.2, 0.25) is 0 Å². The zero-order valence-corrected chi connectivity index (χ0v) is 9.85. The normalized spacial score (nSPS) is 32.8. The Labute approximate surface area is 83.3 Å². The smallest absolute Gasteiger partial charge is 0.00980 e. The predicted octanol–water partition coefficient (Wildman–Crippen LogP) is 3.06. The first-order valence-electron chi connectivity index (χ1n) is 5.64. The Morgan fingerprint density at radius 3 is 2.31 bits per heavy atom. The number of hydrogen-bond acceptors (Lipinski definition) is 1. The van der Waals surface area contributed by atoms with Gasteiger partial charge in [0.1, 0.15) is 0 Å². The quantitative estimate of drug-likeness (QED) is 0.709. The van der Waals surface area contributed by atoms with E-state index in [9.17, 15) is 0 Å². The topological polar surface area (TPSA) is 12.0 Å². The summed E-state index contributed by atoms with van der Waals surface area (Å²) < 4.78 is 0. The minimum absolute atomic E-state index is 0.564. The summed E-state index contributed by atoms with van der Waals surface area (Å²) in [6.45, 7) is 12.9. The largest absolute Gasteiger partial charge is 0.313 e. The van der Waals surface area contributed by atoms with Crippen LogP contribution in [-0.2, 0) is 0 Å². The third-order valence-electron chi connectivity index (χ3n) is 3.12. The molecule has 0 amide bonds. The van der Waals surface area contributed by atoms with E-state index in [4.69, 9.17) is 0 Å². The molecule has 1 saturated carbocycles. The van der Waals surface area contributed by atoms with Gasteiger partial charge in [0, 0.05) is 6.04 Å². The first-order valence-corrected chi connectivity index (χ1v) is 5.64. The van der Waals surface area contributed by atoms with E-state index in [0.29, 0.717) is 5.41 Å². The fraction of sp³-hybridized carbons (Fsp3) is 1.00. The summed E-state index contributed by atoms with van der Waals surface area (Å²) in [6, 6.07) is 0.761. The highest BCUT2D eigenvalue weighted by molar-refractivity contribution is 4.91. The SMILES string of the molecule is CC(C)CNC1CC(C)(C)CC1C. The third kappa shape index (κ3) is 3.30. The summed E-state index contributed by atoms with van der Waals surface area (Å²) in [6.07, 6.45) is 2.73. The van der Waals surface area contributed by atoms with Crippen LogP contribution in [0.1, 0.15) is 47.5 Å². The minimum atomic E-state index is 0.564. The lowest BCUT2D eigenvalue weighted by atomic mass is 9.91. The molecule has 0 aliphatic heterocycles. The summed E-state index contributed by atoms with van der Waals surface area (Å²) in [5.74, 6) is 1.63. The Kier molecular flexibility index (Phi) is 3.39. The molecule has 2 unspecified atom stereocenters. The van der Waals surface area contributed by atoms with Crippen LogP contribution in [0.4, 0.5) is 0 Å². The van der Waals surface area contributed by atoms with Gasteiger partial charge in [-0.3, -0.25) is 0 Å². The zero-order chi connectivity index (χ0) is 10.1. The average Bonchev–Trinajstić information content (AvgIpc) is 2.20. The zero-order valence-electron chi connectivity index (χ0n) is 9.85. The minimum Gasteiger partial charge on any atom is -0.313 e. The monoisotopic (exact) mass is 183 g/mol. The molecule has 0 bridgehead atoms. The maximum absolute atomic E-state index is 3.69. The molecule has 78 valence electrons. The third-order valence-corrected chi connectivity index (χ3v) is 3.12. The molecule has 0 aromatic rings. The van der Waals surface area contributed by atoms with Crippen LogP contribution in [0.3, 0.4) is 0 Å². The summed E-state index contributed by atoms with van der Waals surface area (Å²) in [5.41, 5.74) is 0.564. The molecule has 0 heterocycles. The highest BCUT2D eigenvalue weighted by Crippen LogP contribution is 2.40. The van der Waals surface area contributed by atoms with Crippen LogP contribution in [0.2, 0.25) is 0 Å². The van der Waals surface area contributed by atoms with Crippen molar-refractivity contribution in [3.8, 4) is 0 Å². The van der Waals surface area contributed by atoms with E-state index in [1.165, 1.54) is 19.4 Å². The van der Waals surface area contributed by atoms with Gasteiger partial charge in [-0.05, 0) is 36.6 Å². The molecule has 0 aromatic heterocycles. The summed E-state index contributed by atoms with van der Waals surface area (Å²) in [7, 11) is 0. The van der Waals surface area contributed by atoms with Crippen molar-refractivity contribution in [2.45, 2.75) is 53.5 Å². The van der Waals surface area contributed by atoms with Gasteiger partial charge in [-0.1, -0.05) is 34.6 Å². The van der Waals surface area contributed by atoms with E-state index in [1.807, 2.05) is 0 Å². The van der Waals surface area contributed by atoms with Crippen LogP contribution in [-0.4, -0.2) is 12.6 Å². The molecule has 13 heavy (non-hydrogen) atoms. The summed E-state index contributed by atoms with van der Waals surface area (Å²) in [4.78, 5) is 0. The molecule has 1 nitrogen and oxygen atoms in total.